The summed E-state index contributed by atoms with van der Waals surface area (Å²) in [6.07, 6.45) is -2.41. The fraction of sp³-hybridized carbons (Fsp3) is 0.478. The minimum Gasteiger partial charge on any atom is -0.463 e. The molecule has 0 heterocycles. The van der Waals surface area contributed by atoms with Gasteiger partial charge < -0.3 is 38.1 Å². The smallest absolute Gasteiger partial charge is 0.349 e. The Hall–Kier alpha value is -5.56. The van der Waals surface area contributed by atoms with Gasteiger partial charge in [-0.05, 0) is 38.8 Å². The molecule has 20 nitrogen and oxygen atoms in total. The minimum atomic E-state index is -1.52. The predicted molar refractivity (Wildman–Crippen MR) is 131 cm³/mol. The van der Waals surface area contributed by atoms with Crippen molar-refractivity contribution in [1.29, 1.82) is 0 Å². The van der Waals surface area contributed by atoms with Crippen molar-refractivity contribution in [1.82, 2.24) is 0 Å². The Labute approximate surface area is 241 Å². The van der Waals surface area contributed by atoms with E-state index in [9.17, 15) is 49.0 Å². The van der Waals surface area contributed by atoms with Crippen LogP contribution >= 0.6 is 0 Å². The number of rotatable bonds is 19. The Morgan fingerprint density at radius 3 is 1.98 bits per heavy atom. The van der Waals surface area contributed by atoms with Crippen LogP contribution in [0.3, 0.4) is 0 Å². The zero-order valence-corrected chi connectivity index (χ0v) is 22.7. The number of carbonyl (C=O) groups excluding carboxylic acids is 6. The van der Waals surface area contributed by atoms with Gasteiger partial charge in [-0.25, -0.2) is 28.8 Å². The third-order valence-electron chi connectivity index (χ3n) is 4.54. The Balaban J connectivity index is 2.47. The lowest BCUT2D eigenvalue weighted by Crippen LogP contribution is -2.34. The molecular weight excluding hydrogens is 592 g/mol. The average Bonchev–Trinajstić information content (AvgIpc) is 2.95. The van der Waals surface area contributed by atoms with Crippen LogP contribution in [-0.4, -0.2) is 91.2 Å². The van der Waals surface area contributed by atoms with Gasteiger partial charge in [0.1, 0.15) is 11.3 Å². The first-order chi connectivity index (χ1) is 20.3. The summed E-state index contributed by atoms with van der Waals surface area (Å²) in [6, 6.07) is 5.10. The fourth-order valence-electron chi connectivity index (χ4n) is 2.60. The zero-order valence-electron chi connectivity index (χ0n) is 22.7. The normalized spacial score (nSPS) is 11.5. The van der Waals surface area contributed by atoms with E-state index in [-0.39, 0.29) is 37.4 Å². The second-order valence-electron chi connectivity index (χ2n) is 7.85. The maximum atomic E-state index is 12.4. The van der Waals surface area contributed by atoms with Gasteiger partial charge in [0.2, 0.25) is 0 Å². The number of carbonyl (C=O) groups is 6. The van der Waals surface area contributed by atoms with Crippen LogP contribution in [0.4, 0.5) is 0 Å². The summed E-state index contributed by atoms with van der Waals surface area (Å²) in [7, 11) is 0. The third-order valence-corrected chi connectivity index (χ3v) is 4.54. The van der Waals surface area contributed by atoms with Gasteiger partial charge in [-0.3, -0.25) is 0 Å². The molecule has 236 valence electrons. The van der Waals surface area contributed by atoms with Crippen molar-refractivity contribution >= 4 is 35.8 Å². The summed E-state index contributed by atoms with van der Waals surface area (Å²) in [4.78, 5) is 99.6. The SMILES string of the molecule is CC(OC(=O)COC(=O)c1ccccc1OC(=O)COC(=O)CO[N+](=O)[O-])C(=O)OC(C)C(=O)OCCCCO[N+](=O)[O-]. The van der Waals surface area contributed by atoms with Crippen molar-refractivity contribution in [3.8, 4) is 5.75 Å². The van der Waals surface area contributed by atoms with Gasteiger partial charge >= 0.3 is 35.8 Å². The number of esters is 6. The highest BCUT2D eigenvalue weighted by Crippen LogP contribution is 2.19. The maximum absolute atomic E-state index is 12.4. The molecule has 1 aromatic carbocycles. The molecule has 0 saturated carbocycles. The summed E-state index contributed by atoms with van der Waals surface area (Å²) >= 11 is 0. The van der Waals surface area contributed by atoms with Crippen molar-refractivity contribution in [3.05, 3.63) is 50.1 Å². The zero-order chi connectivity index (χ0) is 32.4. The van der Waals surface area contributed by atoms with Crippen molar-refractivity contribution in [2.75, 3.05) is 33.0 Å². The molecule has 2 unspecified atom stereocenters. The van der Waals surface area contributed by atoms with Crippen molar-refractivity contribution in [3.63, 3.8) is 0 Å². The van der Waals surface area contributed by atoms with Crippen LogP contribution in [0.1, 0.15) is 37.0 Å². The fourth-order valence-corrected chi connectivity index (χ4v) is 2.60. The molecule has 0 aromatic heterocycles. The van der Waals surface area contributed by atoms with E-state index >= 15 is 0 Å². The molecule has 0 aliphatic carbocycles. The first-order valence-corrected chi connectivity index (χ1v) is 12.0. The molecule has 2 atom stereocenters. The molecular formula is C23H26N2O18. The Kier molecular flexibility index (Phi) is 15.4. The largest absolute Gasteiger partial charge is 0.463 e. The van der Waals surface area contributed by atoms with E-state index < -0.39 is 78.0 Å². The van der Waals surface area contributed by atoms with Gasteiger partial charge in [-0.2, -0.15) is 0 Å². The van der Waals surface area contributed by atoms with Crippen molar-refractivity contribution < 1.29 is 77.0 Å². The summed E-state index contributed by atoms with van der Waals surface area (Å²) in [5.74, 6) is -7.10. The van der Waals surface area contributed by atoms with Gasteiger partial charge in [0.25, 0.3) is 10.2 Å². The quantitative estimate of drug-likeness (QED) is 0.0489. The molecule has 1 rings (SSSR count). The lowest BCUT2D eigenvalue weighted by molar-refractivity contribution is -0.757. The van der Waals surface area contributed by atoms with Crippen LogP contribution < -0.4 is 4.74 Å². The van der Waals surface area contributed by atoms with E-state index in [2.05, 4.69) is 14.4 Å². The third kappa shape index (κ3) is 15.1. The highest BCUT2D eigenvalue weighted by molar-refractivity contribution is 5.94. The molecule has 20 heteroatoms. The summed E-state index contributed by atoms with van der Waals surface area (Å²) in [6.45, 7) is -0.986. The van der Waals surface area contributed by atoms with Crippen LogP contribution in [-0.2, 0) is 57.3 Å². The van der Waals surface area contributed by atoms with E-state index in [1.54, 1.807) is 0 Å². The van der Waals surface area contributed by atoms with Crippen LogP contribution in [0.2, 0.25) is 0 Å². The topological polar surface area (TPSA) is 263 Å². The number of nitrogens with zero attached hydrogens (tertiary/aromatic N) is 2. The van der Waals surface area contributed by atoms with E-state index in [4.69, 9.17) is 23.7 Å². The van der Waals surface area contributed by atoms with Crippen LogP contribution in [0.5, 0.6) is 5.75 Å². The number of hydrogen-bond donors (Lipinski definition) is 0. The minimum absolute atomic E-state index is 0.116. The van der Waals surface area contributed by atoms with Crippen molar-refractivity contribution in [2.45, 2.75) is 38.9 Å². The van der Waals surface area contributed by atoms with Crippen LogP contribution in [0.25, 0.3) is 0 Å². The molecule has 0 radical (unpaired) electrons. The van der Waals surface area contributed by atoms with Crippen LogP contribution in [0.15, 0.2) is 24.3 Å². The Bertz CT molecular complexity index is 1180. The molecule has 0 spiro atoms. The number of ether oxygens (including phenoxy) is 6. The molecule has 0 N–H and O–H groups in total. The number of benzene rings is 1. The van der Waals surface area contributed by atoms with E-state index in [0.29, 0.717) is 0 Å². The number of hydrogen-bond acceptors (Lipinski definition) is 18. The maximum Gasteiger partial charge on any atom is 0.349 e. The Morgan fingerprint density at radius 1 is 0.698 bits per heavy atom. The Morgan fingerprint density at radius 2 is 1.30 bits per heavy atom. The molecule has 1 aromatic rings. The molecule has 0 bridgehead atoms. The predicted octanol–water partition coefficient (Wildman–Crippen LogP) is -0.105. The summed E-state index contributed by atoms with van der Waals surface area (Å²) < 4.78 is 28.7. The van der Waals surface area contributed by atoms with Gasteiger partial charge in [-0.15, -0.1) is 20.2 Å². The highest BCUT2D eigenvalue weighted by atomic mass is 17.0. The first kappa shape index (κ1) is 35.5. The summed E-state index contributed by atoms with van der Waals surface area (Å²) in [5, 5.41) is 17.9. The molecule has 0 amide bonds. The number of unbranched alkanes of at least 4 members (excludes halogenated alkanes) is 1. The van der Waals surface area contributed by atoms with Gasteiger partial charge in [0.05, 0.1) is 13.2 Å². The molecule has 0 aliphatic heterocycles. The molecule has 0 fully saturated rings. The molecule has 0 aliphatic rings. The van der Waals surface area contributed by atoms with E-state index in [1.807, 2.05) is 0 Å². The van der Waals surface area contributed by atoms with Gasteiger partial charge in [0, 0.05) is 0 Å². The monoisotopic (exact) mass is 618 g/mol. The second kappa shape index (κ2) is 18.7. The second-order valence-corrected chi connectivity index (χ2v) is 7.85. The summed E-state index contributed by atoms with van der Waals surface area (Å²) in [5.41, 5.74) is -0.322. The van der Waals surface area contributed by atoms with Gasteiger partial charge in [0.15, 0.2) is 32.0 Å². The van der Waals surface area contributed by atoms with Gasteiger partial charge in [-0.1, -0.05) is 12.1 Å². The highest BCUT2D eigenvalue weighted by Gasteiger charge is 2.26. The molecule has 43 heavy (non-hydrogen) atoms. The lowest BCUT2D eigenvalue weighted by atomic mass is 10.2. The first-order valence-electron chi connectivity index (χ1n) is 12.0. The molecule has 0 saturated heterocycles. The van der Waals surface area contributed by atoms with Crippen molar-refractivity contribution in [2.24, 2.45) is 0 Å². The lowest BCUT2D eigenvalue weighted by Gasteiger charge is -2.16. The standard InChI is InChI=1S/C23H26N2O18/c1-14(21(29)36-9-5-6-10-39-24(32)33)42-22(30)15(2)41-19(27)12-38-23(31)16-7-3-4-8-17(16)43-20(28)11-37-18(26)13-40-25(34)35/h3-4,7-8,14-15H,5-6,9-13H2,1-2H3. The average molecular weight is 618 g/mol. The van der Waals surface area contributed by atoms with Crippen LogP contribution in [0, 0.1) is 20.2 Å². The number of para-hydroxylation sites is 1. The van der Waals surface area contributed by atoms with E-state index in [0.717, 1.165) is 6.92 Å². The van der Waals surface area contributed by atoms with E-state index in [1.165, 1.54) is 31.2 Å².